The van der Waals surface area contributed by atoms with Crippen molar-refractivity contribution in [2.24, 2.45) is 4.99 Å². The van der Waals surface area contributed by atoms with Gasteiger partial charge >= 0.3 is 0 Å². The Hall–Kier alpha value is -0.900. The Morgan fingerprint density at radius 2 is 2.57 bits per heavy atom. The third-order valence-corrected chi connectivity index (χ3v) is 3.25. The van der Waals surface area contributed by atoms with E-state index in [9.17, 15) is 0 Å². The summed E-state index contributed by atoms with van der Waals surface area (Å²) in [4.78, 5) is 4.47. The van der Waals surface area contributed by atoms with Crippen LogP contribution in [-0.4, -0.2) is 17.0 Å². The molecule has 2 rings (SSSR count). The number of rotatable bonds is 2. The Balaban J connectivity index is 1.95. The van der Waals surface area contributed by atoms with Crippen molar-refractivity contribution < 1.29 is 4.42 Å². The molecule has 3 nitrogen and oxygen atoms in total. The molecule has 0 bridgehead atoms. The average molecular weight is 210 g/mol. The maximum atomic E-state index is 5.31. The molecule has 0 saturated heterocycles. The van der Waals surface area contributed by atoms with E-state index in [4.69, 9.17) is 4.42 Å². The molecule has 0 radical (unpaired) electrons. The standard InChI is InChI=1S/C10H14N2OS/c1-7-6-14-10(11-7)12-8(2)9-4-3-5-13-9/h3-5,7-8H,6H2,1-2H3,(H,11,12). The van der Waals surface area contributed by atoms with Gasteiger partial charge in [-0.2, -0.15) is 0 Å². The lowest BCUT2D eigenvalue weighted by molar-refractivity contribution is 0.464. The summed E-state index contributed by atoms with van der Waals surface area (Å²) in [6.45, 7) is 4.20. The number of hydrogen-bond donors (Lipinski definition) is 1. The van der Waals surface area contributed by atoms with Gasteiger partial charge < -0.3 is 9.73 Å². The fraction of sp³-hybridized carbons (Fsp3) is 0.500. The molecule has 0 saturated carbocycles. The summed E-state index contributed by atoms with van der Waals surface area (Å²) in [6, 6.07) is 4.51. The molecule has 1 N–H and O–H groups in total. The minimum absolute atomic E-state index is 0.196. The van der Waals surface area contributed by atoms with Crippen molar-refractivity contribution in [1.82, 2.24) is 5.32 Å². The minimum Gasteiger partial charge on any atom is -0.467 e. The van der Waals surface area contributed by atoms with E-state index in [1.807, 2.05) is 12.1 Å². The molecule has 0 spiro atoms. The molecule has 1 aromatic heterocycles. The summed E-state index contributed by atoms with van der Waals surface area (Å²) >= 11 is 1.77. The molecule has 1 aliphatic heterocycles. The van der Waals surface area contributed by atoms with Gasteiger partial charge in [-0.05, 0) is 26.0 Å². The van der Waals surface area contributed by atoms with Gasteiger partial charge in [0.25, 0.3) is 0 Å². The maximum Gasteiger partial charge on any atom is 0.157 e. The zero-order chi connectivity index (χ0) is 9.97. The third kappa shape index (κ3) is 2.12. The smallest absolute Gasteiger partial charge is 0.157 e. The molecule has 1 aliphatic rings. The number of thioether (sulfide) groups is 1. The van der Waals surface area contributed by atoms with E-state index in [0.717, 1.165) is 16.7 Å². The zero-order valence-corrected chi connectivity index (χ0v) is 9.17. The predicted octanol–water partition coefficient (Wildman–Crippen LogP) is 2.42. The van der Waals surface area contributed by atoms with Crippen LogP contribution in [0.2, 0.25) is 0 Å². The summed E-state index contributed by atoms with van der Waals surface area (Å²) in [6.07, 6.45) is 1.69. The van der Waals surface area contributed by atoms with Crippen LogP contribution in [0, 0.1) is 0 Å². The minimum atomic E-state index is 0.196. The molecule has 0 aliphatic carbocycles. The molecule has 2 unspecified atom stereocenters. The van der Waals surface area contributed by atoms with Crippen LogP contribution in [-0.2, 0) is 0 Å². The maximum absolute atomic E-state index is 5.31. The Bertz CT molecular complexity index is 321. The lowest BCUT2D eigenvalue weighted by Gasteiger charge is -2.11. The first-order valence-corrected chi connectivity index (χ1v) is 5.75. The second-order valence-electron chi connectivity index (χ2n) is 3.48. The van der Waals surface area contributed by atoms with E-state index >= 15 is 0 Å². The summed E-state index contributed by atoms with van der Waals surface area (Å²) in [7, 11) is 0. The van der Waals surface area contributed by atoms with Crippen LogP contribution in [0.1, 0.15) is 25.6 Å². The number of nitrogens with zero attached hydrogens (tertiary/aromatic N) is 1. The molecule has 0 aromatic carbocycles. The summed E-state index contributed by atoms with van der Waals surface area (Å²) in [5, 5.41) is 4.36. The first-order chi connectivity index (χ1) is 6.75. The fourth-order valence-corrected chi connectivity index (χ4v) is 2.34. The molecule has 2 atom stereocenters. The van der Waals surface area contributed by atoms with Gasteiger partial charge in [0.15, 0.2) is 5.17 Å². The molecular formula is C10H14N2OS. The van der Waals surface area contributed by atoms with Gasteiger partial charge in [0.05, 0.1) is 18.3 Å². The van der Waals surface area contributed by atoms with E-state index in [-0.39, 0.29) is 6.04 Å². The molecule has 2 heterocycles. The molecule has 1 aromatic rings. The van der Waals surface area contributed by atoms with Crippen LogP contribution in [0.4, 0.5) is 0 Å². The van der Waals surface area contributed by atoms with Gasteiger partial charge in [0.1, 0.15) is 5.76 Å². The Morgan fingerprint density at radius 1 is 1.71 bits per heavy atom. The average Bonchev–Trinajstić information content (AvgIpc) is 2.75. The summed E-state index contributed by atoms with van der Waals surface area (Å²) in [5.41, 5.74) is 0. The predicted molar refractivity (Wildman–Crippen MR) is 59.6 cm³/mol. The van der Waals surface area contributed by atoms with Gasteiger partial charge in [0.2, 0.25) is 0 Å². The number of aliphatic imine (C=N–C) groups is 1. The molecule has 76 valence electrons. The van der Waals surface area contributed by atoms with E-state index in [0.29, 0.717) is 6.04 Å². The number of hydrogen-bond acceptors (Lipinski definition) is 4. The summed E-state index contributed by atoms with van der Waals surface area (Å²) in [5.74, 6) is 2.03. The lowest BCUT2D eigenvalue weighted by atomic mass is 10.3. The topological polar surface area (TPSA) is 37.5 Å². The van der Waals surface area contributed by atoms with Gasteiger partial charge in [-0.3, -0.25) is 4.99 Å². The molecule has 0 fully saturated rings. The summed E-state index contributed by atoms with van der Waals surface area (Å²) < 4.78 is 5.31. The molecule has 0 amide bonds. The van der Waals surface area contributed by atoms with E-state index in [1.54, 1.807) is 18.0 Å². The van der Waals surface area contributed by atoms with Crippen LogP contribution >= 0.6 is 11.8 Å². The van der Waals surface area contributed by atoms with Crippen molar-refractivity contribution in [1.29, 1.82) is 0 Å². The lowest BCUT2D eigenvalue weighted by Crippen LogP contribution is -2.22. The molecule has 14 heavy (non-hydrogen) atoms. The monoisotopic (exact) mass is 210 g/mol. The number of amidine groups is 1. The first-order valence-electron chi connectivity index (χ1n) is 4.76. The first kappa shape index (κ1) is 9.65. The Morgan fingerprint density at radius 3 is 3.14 bits per heavy atom. The van der Waals surface area contributed by atoms with Gasteiger partial charge in [-0.1, -0.05) is 11.8 Å². The van der Waals surface area contributed by atoms with Crippen LogP contribution in [0.5, 0.6) is 0 Å². The highest BCUT2D eigenvalue weighted by Gasteiger charge is 2.17. The van der Waals surface area contributed by atoms with Crippen molar-refractivity contribution >= 4 is 16.9 Å². The highest BCUT2D eigenvalue weighted by Crippen LogP contribution is 2.19. The van der Waals surface area contributed by atoms with Crippen LogP contribution in [0.25, 0.3) is 0 Å². The third-order valence-electron chi connectivity index (χ3n) is 2.11. The number of furan rings is 1. The SMILES string of the molecule is CC1CSC(NC(C)c2ccco2)=N1. The molecular weight excluding hydrogens is 196 g/mol. The van der Waals surface area contributed by atoms with E-state index in [1.165, 1.54) is 0 Å². The Kier molecular flexibility index (Phi) is 2.82. The van der Waals surface area contributed by atoms with Crippen LogP contribution in [0.15, 0.2) is 27.8 Å². The largest absolute Gasteiger partial charge is 0.467 e. The van der Waals surface area contributed by atoms with Crippen molar-refractivity contribution in [3.63, 3.8) is 0 Å². The van der Waals surface area contributed by atoms with Crippen molar-refractivity contribution in [2.45, 2.75) is 25.9 Å². The normalized spacial score (nSPS) is 23.3. The number of nitrogens with one attached hydrogen (secondary N) is 1. The fourth-order valence-electron chi connectivity index (χ4n) is 1.35. The van der Waals surface area contributed by atoms with Crippen molar-refractivity contribution in [3.05, 3.63) is 24.2 Å². The van der Waals surface area contributed by atoms with Gasteiger partial charge in [-0.15, -0.1) is 0 Å². The zero-order valence-electron chi connectivity index (χ0n) is 8.36. The van der Waals surface area contributed by atoms with Gasteiger partial charge in [-0.25, -0.2) is 0 Å². The highest BCUT2D eigenvalue weighted by molar-refractivity contribution is 8.14. The van der Waals surface area contributed by atoms with E-state index < -0.39 is 0 Å². The second kappa shape index (κ2) is 4.09. The van der Waals surface area contributed by atoms with Crippen LogP contribution in [0.3, 0.4) is 0 Å². The Labute approximate surface area is 88.0 Å². The van der Waals surface area contributed by atoms with Gasteiger partial charge in [0, 0.05) is 5.75 Å². The quantitative estimate of drug-likeness (QED) is 0.814. The van der Waals surface area contributed by atoms with Crippen molar-refractivity contribution in [3.8, 4) is 0 Å². The second-order valence-corrected chi connectivity index (χ2v) is 4.48. The highest BCUT2D eigenvalue weighted by atomic mass is 32.2. The van der Waals surface area contributed by atoms with E-state index in [2.05, 4.69) is 24.2 Å². The van der Waals surface area contributed by atoms with Crippen molar-refractivity contribution in [2.75, 3.05) is 5.75 Å². The van der Waals surface area contributed by atoms with Crippen LogP contribution < -0.4 is 5.32 Å². The molecule has 4 heteroatoms.